The van der Waals surface area contributed by atoms with E-state index in [9.17, 15) is 14.0 Å². The molecule has 1 saturated carbocycles. The number of ether oxygens (including phenoxy) is 1. The number of carbonyl (C=O) groups excluding carboxylic acids is 1. The van der Waals surface area contributed by atoms with E-state index in [1.165, 1.54) is 12.1 Å². The average Bonchev–Trinajstić information content (AvgIpc) is 3.20. The van der Waals surface area contributed by atoms with Gasteiger partial charge in [0, 0.05) is 18.3 Å². The molecule has 2 aromatic heterocycles. The number of amides is 1. The van der Waals surface area contributed by atoms with Crippen molar-refractivity contribution in [1.29, 1.82) is 0 Å². The predicted molar refractivity (Wildman–Crippen MR) is 113 cm³/mol. The zero-order valence-electron chi connectivity index (χ0n) is 17.5. The number of nitrogens with zero attached hydrogens (tertiary/aromatic N) is 3. The van der Waals surface area contributed by atoms with Gasteiger partial charge in [0.15, 0.2) is 0 Å². The number of H-pyrrole nitrogens is 1. The molecule has 1 saturated heterocycles. The largest absolute Gasteiger partial charge is 0.441 e. The Morgan fingerprint density at radius 2 is 1.74 bits per heavy atom. The highest BCUT2D eigenvalue weighted by Gasteiger charge is 2.51. The van der Waals surface area contributed by atoms with Gasteiger partial charge in [-0.15, -0.1) is 0 Å². The molecular weight excluding hydrogens is 399 g/mol. The van der Waals surface area contributed by atoms with Crippen LogP contribution < -0.4 is 5.69 Å². The lowest BCUT2D eigenvalue weighted by Crippen LogP contribution is -2.43. The maximum absolute atomic E-state index is 13.5. The second-order valence-corrected chi connectivity index (χ2v) is 8.99. The summed E-state index contributed by atoms with van der Waals surface area (Å²) in [6, 6.07) is 7.92. The Labute approximate surface area is 178 Å². The Morgan fingerprint density at radius 3 is 2.45 bits per heavy atom. The van der Waals surface area contributed by atoms with Gasteiger partial charge in [0.25, 0.3) is 0 Å². The highest BCUT2D eigenvalue weighted by molar-refractivity contribution is 5.74. The van der Waals surface area contributed by atoms with E-state index in [4.69, 9.17) is 4.74 Å². The maximum atomic E-state index is 13.5. The number of rotatable bonds is 3. The second-order valence-electron chi connectivity index (χ2n) is 8.99. The van der Waals surface area contributed by atoms with Gasteiger partial charge in [-0.05, 0) is 63.3 Å². The van der Waals surface area contributed by atoms with Gasteiger partial charge in [-0.25, -0.2) is 14.0 Å². The van der Waals surface area contributed by atoms with E-state index in [1.54, 1.807) is 24.5 Å². The normalized spacial score (nSPS) is 25.7. The zero-order chi connectivity index (χ0) is 21.8. The Kier molecular flexibility index (Phi) is 4.60. The van der Waals surface area contributed by atoms with Crippen molar-refractivity contribution in [1.82, 2.24) is 19.4 Å². The van der Waals surface area contributed by atoms with Crippen molar-refractivity contribution >= 4 is 17.1 Å². The summed E-state index contributed by atoms with van der Waals surface area (Å²) in [6.07, 6.45) is 6.09. The number of pyridine rings is 1. The van der Waals surface area contributed by atoms with E-state index < -0.39 is 5.60 Å². The number of benzene rings is 1. The molecule has 1 aliphatic heterocycles. The van der Waals surface area contributed by atoms with Gasteiger partial charge in [0.1, 0.15) is 11.4 Å². The summed E-state index contributed by atoms with van der Waals surface area (Å²) in [5, 5.41) is 0. The molecule has 1 aromatic carbocycles. The molecule has 5 rings (SSSR count). The molecule has 1 amide bonds. The van der Waals surface area contributed by atoms with Gasteiger partial charge in [-0.2, -0.15) is 0 Å². The van der Waals surface area contributed by atoms with Crippen LogP contribution in [-0.2, 0) is 4.74 Å². The third kappa shape index (κ3) is 3.30. The number of fused-ring (bicyclic) bond motifs is 1. The standard InChI is InChI=1S/C23H25FN4O3/c1-23(2)20(14-3-5-15(24)6-4-14)28(22(30)31-23)17-9-7-16(8-10-17)27-19-11-12-25-13-18(19)26-21(27)29/h3-6,11-13,16-17,20H,7-10H2,1-2H3,(H,26,29)/t16?,17?,20-/m0/s1. The lowest BCUT2D eigenvalue weighted by Gasteiger charge is -2.38. The molecule has 0 bridgehead atoms. The summed E-state index contributed by atoms with van der Waals surface area (Å²) < 4.78 is 21.0. The molecule has 2 fully saturated rings. The van der Waals surface area contributed by atoms with Crippen molar-refractivity contribution in [2.75, 3.05) is 0 Å². The number of aromatic amines is 1. The van der Waals surface area contributed by atoms with Gasteiger partial charge in [0.05, 0.1) is 23.3 Å². The van der Waals surface area contributed by atoms with Crippen LogP contribution in [0.1, 0.15) is 57.2 Å². The van der Waals surface area contributed by atoms with Gasteiger partial charge in [-0.3, -0.25) is 14.5 Å². The molecule has 0 unspecified atom stereocenters. The molecule has 1 N–H and O–H groups in total. The first-order chi connectivity index (χ1) is 14.8. The van der Waals surface area contributed by atoms with Crippen LogP contribution in [0, 0.1) is 5.82 Å². The molecule has 1 aliphatic carbocycles. The molecule has 162 valence electrons. The van der Waals surface area contributed by atoms with E-state index in [0.29, 0.717) is 0 Å². The van der Waals surface area contributed by atoms with Crippen molar-refractivity contribution in [3.8, 4) is 0 Å². The van der Waals surface area contributed by atoms with Gasteiger partial charge >= 0.3 is 11.8 Å². The molecule has 3 heterocycles. The number of hydrogen-bond acceptors (Lipinski definition) is 4. The molecule has 0 radical (unpaired) electrons. The average molecular weight is 424 g/mol. The predicted octanol–water partition coefficient (Wildman–Crippen LogP) is 4.32. The van der Waals surface area contributed by atoms with E-state index in [1.807, 2.05) is 29.4 Å². The van der Waals surface area contributed by atoms with Crippen molar-refractivity contribution in [2.24, 2.45) is 0 Å². The summed E-state index contributed by atoms with van der Waals surface area (Å²) in [7, 11) is 0. The van der Waals surface area contributed by atoms with Crippen LogP contribution in [-0.4, -0.2) is 37.2 Å². The molecule has 31 heavy (non-hydrogen) atoms. The van der Waals surface area contributed by atoms with Crippen LogP contribution >= 0.6 is 0 Å². The lowest BCUT2D eigenvalue weighted by atomic mass is 9.86. The molecule has 1 atom stereocenters. The van der Waals surface area contributed by atoms with Crippen molar-refractivity contribution in [3.05, 3.63) is 64.6 Å². The molecular formula is C23H25FN4O3. The number of cyclic esters (lactones) is 1. The Hall–Kier alpha value is -3.16. The fraction of sp³-hybridized carbons (Fsp3) is 0.435. The minimum atomic E-state index is -0.716. The lowest BCUT2D eigenvalue weighted by molar-refractivity contribution is 0.0662. The first-order valence-electron chi connectivity index (χ1n) is 10.7. The number of nitrogens with one attached hydrogen (secondary N) is 1. The van der Waals surface area contributed by atoms with Gasteiger partial charge in [-0.1, -0.05) is 12.1 Å². The molecule has 2 aliphatic rings. The molecule has 8 heteroatoms. The van der Waals surface area contributed by atoms with Crippen LogP contribution in [0.5, 0.6) is 0 Å². The minimum Gasteiger partial charge on any atom is -0.441 e. The summed E-state index contributed by atoms with van der Waals surface area (Å²) >= 11 is 0. The van der Waals surface area contributed by atoms with Crippen LogP contribution in [0.25, 0.3) is 11.0 Å². The molecule has 0 spiro atoms. The minimum absolute atomic E-state index is 0.00292. The topological polar surface area (TPSA) is 80.2 Å². The number of aromatic nitrogens is 3. The number of halogens is 1. The quantitative estimate of drug-likeness (QED) is 0.679. The van der Waals surface area contributed by atoms with Gasteiger partial charge < -0.3 is 9.72 Å². The summed E-state index contributed by atoms with van der Waals surface area (Å²) in [5.74, 6) is -0.307. The Morgan fingerprint density at radius 1 is 1.06 bits per heavy atom. The number of imidazole rings is 1. The summed E-state index contributed by atoms with van der Waals surface area (Å²) in [5.41, 5.74) is 1.61. The highest BCUT2D eigenvalue weighted by atomic mass is 19.1. The van der Waals surface area contributed by atoms with E-state index in [-0.39, 0.29) is 35.7 Å². The fourth-order valence-electron chi connectivity index (χ4n) is 5.28. The monoisotopic (exact) mass is 424 g/mol. The molecule has 3 aromatic rings. The number of hydrogen-bond donors (Lipinski definition) is 1. The second kappa shape index (κ2) is 7.21. The van der Waals surface area contributed by atoms with Crippen LogP contribution in [0.4, 0.5) is 9.18 Å². The zero-order valence-corrected chi connectivity index (χ0v) is 17.5. The summed E-state index contributed by atoms with van der Waals surface area (Å²) in [4.78, 5) is 34.2. The third-order valence-corrected chi connectivity index (χ3v) is 6.63. The van der Waals surface area contributed by atoms with E-state index >= 15 is 0 Å². The first kappa shape index (κ1) is 19.8. The third-order valence-electron chi connectivity index (χ3n) is 6.63. The molecule has 7 nitrogen and oxygen atoms in total. The van der Waals surface area contributed by atoms with Crippen molar-refractivity contribution in [3.63, 3.8) is 0 Å². The maximum Gasteiger partial charge on any atom is 0.411 e. The van der Waals surface area contributed by atoms with E-state index in [2.05, 4.69) is 9.97 Å². The van der Waals surface area contributed by atoms with E-state index in [0.717, 1.165) is 42.3 Å². The Balaban J connectivity index is 1.40. The smallest absolute Gasteiger partial charge is 0.411 e. The Bertz CT molecular complexity index is 1180. The number of carbonyl (C=O) groups is 1. The van der Waals surface area contributed by atoms with Gasteiger partial charge in [0.2, 0.25) is 0 Å². The van der Waals surface area contributed by atoms with Crippen LogP contribution in [0.3, 0.4) is 0 Å². The summed E-state index contributed by atoms with van der Waals surface area (Å²) in [6.45, 7) is 3.79. The van der Waals surface area contributed by atoms with Crippen LogP contribution in [0.15, 0.2) is 47.5 Å². The van der Waals surface area contributed by atoms with Crippen LogP contribution in [0.2, 0.25) is 0 Å². The SMILES string of the molecule is CC1(C)OC(=O)N(C2CCC(n3c(=O)[nH]c4cnccc43)CC2)[C@H]1c1ccc(F)cc1. The fourth-order valence-corrected chi connectivity index (χ4v) is 5.28. The van der Waals surface area contributed by atoms with Crippen molar-refractivity contribution in [2.45, 2.75) is 63.3 Å². The van der Waals surface area contributed by atoms with Crippen molar-refractivity contribution < 1.29 is 13.9 Å². The highest BCUT2D eigenvalue weighted by Crippen LogP contribution is 2.45. The first-order valence-corrected chi connectivity index (χ1v) is 10.7.